The maximum Gasteiger partial charge on any atom is 0.208 e. The fraction of sp³-hybridized carbons (Fsp3) is 0.611. The highest BCUT2D eigenvalue weighted by Gasteiger charge is 2.06. The van der Waals surface area contributed by atoms with Crippen molar-refractivity contribution < 1.29 is 13.2 Å². The molecule has 148 valence electrons. The maximum atomic E-state index is 11.0. The molecular weight excluding hydrogens is 352 g/mol. The molecule has 8 heteroatoms. The molecule has 0 aromatic heterocycles. The Bertz CT molecular complexity index is 675. The van der Waals surface area contributed by atoms with E-state index in [9.17, 15) is 8.42 Å². The summed E-state index contributed by atoms with van der Waals surface area (Å²) in [6.07, 6.45) is 4.52. The Labute approximate surface area is 157 Å². The van der Waals surface area contributed by atoms with Crippen LogP contribution in [0.1, 0.15) is 37.3 Å². The molecule has 1 aromatic rings. The van der Waals surface area contributed by atoms with Gasteiger partial charge in [0, 0.05) is 32.2 Å². The molecule has 3 N–H and O–H groups in total. The van der Waals surface area contributed by atoms with Crippen molar-refractivity contribution in [3.8, 4) is 5.75 Å². The smallest absolute Gasteiger partial charge is 0.208 e. The first-order valence-corrected chi connectivity index (χ1v) is 10.9. The number of unbranched alkanes of at least 4 members (excludes halogenated alkanes) is 2. The van der Waals surface area contributed by atoms with Crippen molar-refractivity contribution in [1.82, 2.24) is 15.4 Å². The second-order valence-corrected chi connectivity index (χ2v) is 8.02. The molecule has 1 aromatic carbocycles. The summed E-state index contributed by atoms with van der Waals surface area (Å²) in [5, 5.41) is 6.30. The average molecular weight is 385 g/mol. The van der Waals surface area contributed by atoms with Crippen molar-refractivity contribution in [2.75, 3.05) is 33.0 Å². The Hall–Kier alpha value is -1.80. The second kappa shape index (κ2) is 11.7. The minimum absolute atomic E-state index is 0.301. The second-order valence-electron chi connectivity index (χ2n) is 6.19. The van der Waals surface area contributed by atoms with E-state index in [4.69, 9.17) is 4.74 Å². The van der Waals surface area contributed by atoms with Gasteiger partial charge < -0.3 is 15.4 Å². The fourth-order valence-corrected chi connectivity index (χ4v) is 2.77. The number of rotatable bonds is 11. The lowest BCUT2D eigenvalue weighted by molar-refractivity contribution is 0.303. The number of hydrogen-bond acceptors (Lipinski definition) is 4. The number of nitrogens with zero attached hydrogens (tertiary/aromatic N) is 1. The van der Waals surface area contributed by atoms with E-state index in [1.807, 2.05) is 6.92 Å². The van der Waals surface area contributed by atoms with Crippen LogP contribution >= 0.6 is 0 Å². The van der Waals surface area contributed by atoms with E-state index in [1.54, 1.807) is 7.05 Å². The summed E-state index contributed by atoms with van der Waals surface area (Å²) in [5.74, 6) is 1.50. The van der Waals surface area contributed by atoms with Crippen LogP contribution in [0.4, 0.5) is 0 Å². The summed E-state index contributed by atoms with van der Waals surface area (Å²) >= 11 is 0. The van der Waals surface area contributed by atoms with E-state index < -0.39 is 10.0 Å². The van der Waals surface area contributed by atoms with Crippen LogP contribution in [0, 0.1) is 6.92 Å². The Balaban J connectivity index is 2.53. The molecule has 0 spiro atoms. The molecule has 0 fully saturated rings. The van der Waals surface area contributed by atoms with Gasteiger partial charge in [-0.3, -0.25) is 4.99 Å². The molecule has 0 amide bonds. The summed E-state index contributed by atoms with van der Waals surface area (Å²) in [4.78, 5) is 4.15. The molecule has 0 unspecified atom stereocenters. The van der Waals surface area contributed by atoms with Crippen LogP contribution in [0.25, 0.3) is 0 Å². The molecule has 0 atom stereocenters. The first-order valence-electron chi connectivity index (χ1n) is 8.97. The van der Waals surface area contributed by atoms with E-state index in [1.165, 1.54) is 6.42 Å². The molecular formula is C18H32N4O3S. The van der Waals surface area contributed by atoms with Crippen LogP contribution in [-0.4, -0.2) is 47.4 Å². The lowest BCUT2D eigenvalue weighted by Crippen LogP contribution is -2.41. The summed E-state index contributed by atoms with van der Waals surface area (Å²) in [6, 6.07) is 6.16. The third kappa shape index (κ3) is 9.62. The molecule has 26 heavy (non-hydrogen) atoms. The molecule has 0 aliphatic carbocycles. The van der Waals surface area contributed by atoms with Gasteiger partial charge in [-0.05, 0) is 25.0 Å². The fourth-order valence-electron chi connectivity index (χ4n) is 2.29. The minimum atomic E-state index is -3.17. The standard InChI is InChI=1S/C18H32N4O3S/c1-5-6-7-12-25-17-13-15(2)8-9-16(17)14-21-18(19-3)20-10-11-22-26(4,23)24/h8-9,13,22H,5-7,10-12,14H2,1-4H3,(H2,19,20,21). The first kappa shape index (κ1) is 22.2. The van der Waals surface area contributed by atoms with E-state index in [2.05, 4.69) is 45.5 Å². The molecule has 0 aliphatic rings. The highest BCUT2D eigenvalue weighted by Crippen LogP contribution is 2.20. The highest BCUT2D eigenvalue weighted by atomic mass is 32.2. The predicted octanol–water partition coefficient (Wildman–Crippen LogP) is 1.78. The van der Waals surface area contributed by atoms with Crippen molar-refractivity contribution in [3.63, 3.8) is 0 Å². The summed E-state index contributed by atoms with van der Waals surface area (Å²) in [5.41, 5.74) is 2.22. The Morgan fingerprint density at radius 2 is 1.96 bits per heavy atom. The van der Waals surface area contributed by atoms with Crippen LogP contribution in [0.5, 0.6) is 5.75 Å². The molecule has 0 radical (unpaired) electrons. The Kier molecular flexibility index (Phi) is 10.0. The van der Waals surface area contributed by atoms with Crippen molar-refractivity contribution in [2.24, 2.45) is 4.99 Å². The van der Waals surface area contributed by atoms with Crippen LogP contribution in [0.2, 0.25) is 0 Å². The van der Waals surface area contributed by atoms with E-state index in [-0.39, 0.29) is 0 Å². The van der Waals surface area contributed by atoms with E-state index in [0.717, 1.165) is 36.0 Å². The van der Waals surface area contributed by atoms with Gasteiger partial charge in [-0.1, -0.05) is 31.9 Å². The normalized spacial score (nSPS) is 12.1. The van der Waals surface area contributed by atoms with Crippen molar-refractivity contribution in [1.29, 1.82) is 0 Å². The molecule has 0 aliphatic heterocycles. The first-order chi connectivity index (χ1) is 12.4. The summed E-state index contributed by atoms with van der Waals surface area (Å²) < 4.78 is 30.5. The summed E-state index contributed by atoms with van der Waals surface area (Å²) in [7, 11) is -1.50. The van der Waals surface area contributed by atoms with Crippen molar-refractivity contribution in [2.45, 2.75) is 39.7 Å². The number of hydrogen-bond donors (Lipinski definition) is 3. The molecule has 7 nitrogen and oxygen atoms in total. The maximum absolute atomic E-state index is 11.0. The number of benzene rings is 1. The lowest BCUT2D eigenvalue weighted by atomic mass is 10.1. The highest BCUT2D eigenvalue weighted by molar-refractivity contribution is 7.88. The third-order valence-electron chi connectivity index (χ3n) is 3.68. The van der Waals surface area contributed by atoms with Crippen LogP contribution < -0.4 is 20.1 Å². The van der Waals surface area contributed by atoms with E-state index in [0.29, 0.717) is 32.2 Å². The van der Waals surface area contributed by atoms with Gasteiger partial charge in [0.2, 0.25) is 10.0 Å². The zero-order chi connectivity index (χ0) is 19.4. The minimum Gasteiger partial charge on any atom is -0.493 e. The van der Waals surface area contributed by atoms with Gasteiger partial charge in [-0.15, -0.1) is 0 Å². The van der Waals surface area contributed by atoms with Crippen LogP contribution in [0.3, 0.4) is 0 Å². The van der Waals surface area contributed by atoms with Gasteiger partial charge in [0.25, 0.3) is 0 Å². The van der Waals surface area contributed by atoms with Gasteiger partial charge in [0.1, 0.15) is 5.75 Å². The Morgan fingerprint density at radius 1 is 1.19 bits per heavy atom. The predicted molar refractivity (Wildman–Crippen MR) is 107 cm³/mol. The number of nitrogens with one attached hydrogen (secondary N) is 3. The molecule has 0 saturated carbocycles. The quantitative estimate of drug-likeness (QED) is 0.307. The van der Waals surface area contributed by atoms with E-state index >= 15 is 0 Å². The number of ether oxygens (including phenoxy) is 1. The third-order valence-corrected chi connectivity index (χ3v) is 4.41. The number of sulfonamides is 1. The number of guanidine groups is 1. The number of aryl methyl sites for hydroxylation is 1. The lowest BCUT2D eigenvalue weighted by Gasteiger charge is -2.15. The average Bonchev–Trinajstić information content (AvgIpc) is 2.58. The van der Waals surface area contributed by atoms with Crippen molar-refractivity contribution in [3.05, 3.63) is 29.3 Å². The Morgan fingerprint density at radius 3 is 2.62 bits per heavy atom. The monoisotopic (exact) mass is 384 g/mol. The number of aliphatic imine (C=N–C) groups is 1. The van der Waals surface area contributed by atoms with Gasteiger partial charge in [-0.2, -0.15) is 0 Å². The molecule has 0 bridgehead atoms. The van der Waals surface area contributed by atoms with Gasteiger partial charge >= 0.3 is 0 Å². The van der Waals surface area contributed by atoms with Gasteiger partial charge in [0.05, 0.1) is 12.9 Å². The zero-order valence-electron chi connectivity index (χ0n) is 16.3. The van der Waals surface area contributed by atoms with Gasteiger partial charge in [-0.25, -0.2) is 13.1 Å². The summed E-state index contributed by atoms with van der Waals surface area (Å²) in [6.45, 7) is 6.26. The largest absolute Gasteiger partial charge is 0.493 e. The SMILES string of the molecule is CCCCCOc1cc(C)ccc1CNC(=NC)NCCNS(C)(=O)=O. The molecule has 0 saturated heterocycles. The van der Waals surface area contributed by atoms with Gasteiger partial charge in [0.15, 0.2) is 5.96 Å². The molecule has 1 rings (SSSR count). The molecule has 0 heterocycles. The topological polar surface area (TPSA) is 91.8 Å². The van der Waals surface area contributed by atoms with Crippen LogP contribution in [-0.2, 0) is 16.6 Å². The zero-order valence-corrected chi connectivity index (χ0v) is 17.1. The van der Waals surface area contributed by atoms with Crippen LogP contribution in [0.15, 0.2) is 23.2 Å². The van der Waals surface area contributed by atoms with Crippen molar-refractivity contribution >= 4 is 16.0 Å².